The zero-order valence-electron chi connectivity index (χ0n) is 11.0. The van der Waals surface area contributed by atoms with Crippen LogP contribution in [0.3, 0.4) is 0 Å². The standard InChI is InChI=1S/C15H12ClN3O2/c16-9-2-1-3-10(6-9)17-15-18-11-7-13-14(8-12(11)19-15)21-5-4-20-13/h1-3,6-8H,4-5H2,(H2,17,18,19). The van der Waals surface area contributed by atoms with Gasteiger partial charge in [0, 0.05) is 22.8 Å². The molecule has 3 aromatic rings. The molecule has 0 atom stereocenters. The number of hydrogen-bond donors (Lipinski definition) is 2. The summed E-state index contributed by atoms with van der Waals surface area (Å²) >= 11 is 5.97. The van der Waals surface area contributed by atoms with Crippen LogP contribution in [0.1, 0.15) is 0 Å². The number of aromatic nitrogens is 2. The van der Waals surface area contributed by atoms with Gasteiger partial charge in [-0.05, 0) is 18.2 Å². The second-order valence-electron chi connectivity index (χ2n) is 4.73. The molecule has 1 aliphatic heterocycles. The predicted octanol–water partition coefficient (Wildman–Crippen LogP) is 3.73. The topological polar surface area (TPSA) is 59.2 Å². The number of fused-ring (bicyclic) bond motifs is 2. The monoisotopic (exact) mass is 301 g/mol. The normalized spacial score (nSPS) is 13.4. The lowest BCUT2D eigenvalue weighted by molar-refractivity contribution is 0.172. The summed E-state index contributed by atoms with van der Waals surface area (Å²) in [5, 5.41) is 3.87. The van der Waals surface area contributed by atoms with Crippen molar-refractivity contribution in [3.8, 4) is 11.5 Å². The summed E-state index contributed by atoms with van der Waals surface area (Å²) < 4.78 is 11.1. The van der Waals surface area contributed by atoms with Crippen molar-refractivity contribution in [2.45, 2.75) is 0 Å². The molecule has 6 heteroatoms. The van der Waals surface area contributed by atoms with E-state index in [1.54, 1.807) is 0 Å². The van der Waals surface area contributed by atoms with Gasteiger partial charge in [-0.15, -0.1) is 0 Å². The summed E-state index contributed by atoms with van der Waals surface area (Å²) in [5.74, 6) is 2.12. The minimum absolute atomic E-state index is 0.566. The van der Waals surface area contributed by atoms with E-state index in [9.17, 15) is 0 Å². The first-order valence-electron chi connectivity index (χ1n) is 6.60. The number of hydrogen-bond acceptors (Lipinski definition) is 4. The third kappa shape index (κ3) is 2.36. The Balaban J connectivity index is 1.70. The van der Waals surface area contributed by atoms with Crippen molar-refractivity contribution >= 4 is 34.3 Å². The molecule has 0 unspecified atom stereocenters. The van der Waals surface area contributed by atoms with Crippen LogP contribution in [-0.4, -0.2) is 23.2 Å². The Hall–Kier alpha value is -2.40. The molecule has 0 saturated heterocycles. The Bertz CT molecular complexity index is 773. The predicted molar refractivity (Wildman–Crippen MR) is 81.8 cm³/mol. The van der Waals surface area contributed by atoms with E-state index in [0.29, 0.717) is 24.2 Å². The molecule has 2 heterocycles. The third-order valence-corrected chi connectivity index (χ3v) is 3.47. The van der Waals surface area contributed by atoms with Gasteiger partial charge in [-0.25, -0.2) is 4.98 Å². The van der Waals surface area contributed by atoms with Crippen LogP contribution in [0, 0.1) is 0 Å². The van der Waals surface area contributed by atoms with Gasteiger partial charge in [0.05, 0.1) is 11.0 Å². The highest BCUT2D eigenvalue weighted by molar-refractivity contribution is 6.30. The number of H-pyrrole nitrogens is 1. The number of benzene rings is 2. The summed E-state index contributed by atoms with van der Waals surface area (Å²) in [5.41, 5.74) is 2.59. The van der Waals surface area contributed by atoms with Crippen molar-refractivity contribution in [3.63, 3.8) is 0 Å². The van der Waals surface area contributed by atoms with E-state index in [1.165, 1.54) is 0 Å². The first-order chi connectivity index (χ1) is 10.3. The zero-order valence-corrected chi connectivity index (χ0v) is 11.8. The molecule has 0 spiro atoms. The minimum atomic E-state index is 0.566. The van der Waals surface area contributed by atoms with Crippen LogP contribution in [0.25, 0.3) is 11.0 Å². The van der Waals surface area contributed by atoms with Crippen LogP contribution in [0.15, 0.2) is 36.4 Å². The quantitative estimate of drug-likeness (QED) is 0.757. The van der Waals surface area contributed by atoms with Crippen LogP contribution in [0.5, 0.6) is 11.5 Å². The Kier molecular flexibility index (Phi) is 2.86. The van der Waals surface area contributed by atoms with Crippen molar-refractivity contribution in [1.29, 1.82) is 0 Å². The number of halogens is 1. The number of nitrogens with zero attached hydrogens (tertiary/aromatic N) is 1. The molecule has 0 amide bonds. The Morgan fingerprint density at radius 1 is 1.10 bits per heavy atom. The zero-order chi connectivity index (χ0) is 14.2. The van der Waals surface area contributed by atoms with Crippen molar-refractivity contribution in [1.82, 2.24) is 9.97 Å². The average molecular weight is 302 g/mol. The fourth-order valence-corrected chi connectivity index (χ4v) is 2.50. The molecule has 4 rings (SSSR count). The molecular weight excluding hydrogens is 290 g/mol. The van der Waals surface area contributed by atoms with Crippen LogP contribution in [-0.2, 0) is 0 Å². The second kappa shape index (κ2) is 4.86. The molecular formula is C15H12ClN3O2. The highest BCUT2D eigenvalue weighted by Crippen LogP contribution is 2.34. The van der Waals surface area contributed by atoms with Gasteiger partial charge in [-0.1, -0.05) is 17.7 Å². The van der Waals surface area contributed by atoms with Gasteiger partial charge in [0.1, 0.15) is 13.2 Å². The lowest BCUT2D eigenvalue weighted by Crippen LogP contribution is -2.15. The second-order valence-corrected chi connectivity index (χ2v) is 5.17. The largest absolute Gasteiger partial charge is 0.486 e. The van der Waals surface area contributed by atoms with Crippen LogP contribution < -0.4 is 14.8 Å². The summed E-state index contributed by atoms with van der Waals surface area (Å²) in [6.07, 6.45) is 0. The molecule has 0 aliphatic carbocycles. The van der Waals surface area contributed by atoms with Gasteiger partial charge in [-0.2, -0.15) is 0 Å². The Labute approximate surface area is 125 Å². The molecule has 2 aromatic carbocycles. The molecule has 0 bridgehead atoms. The smallest absolute Gasteiger partial charge is 0.205 e. The molecule has 5 nitrogen and oxygen atoms in total. The van der Waals surface area contributed by atoms with Crippen LogP contribution >= 0.6 is 11.6 Å². The molecule has 0 saturated carbocycles. The maximum atomic E-state index is 5.97. The van der Waals surface area contributed by atoms with Crippen molar-refractivity contribution < 1.29 is 9.47 Å². The molecule has 0 fully saturated rings. The van der Waals surface area contributed by atoms with E-state index < -0.39 is 0 Å². The molecule has 106 valence electrons. The first kappa shape index (κ1) is 12.3. The lowest BCUT2D eigenvalue weighted by Gasteiger charge is -2.17. The van der Waals surface area contributed by atoms with E-state index in [0.717, 1.165) is 28.2 Å². The average Bonchev–Trinajstić information content (AvgIpc) is 2.85. The Morgan fingerprint density at radius 3 is 2.71 bits per heavy atom. The highest BCUT2D eigenvalue weighted by atomic mass is 35.5. The number of aromatic amines is 1. The summed E-state index contributed by atoms with van der Waals surface area (Å²) in [7, 11) is 0. The molecule has 21 heavy (non-hydrogen) atoms. The number of rotatable bonds is 2. The van der Waals surface area contributed by atoms with Gasteiger partial charge in [-0.3, -0.25) is 0 Å². The number of imidazole rings is 1. The van der Waals surface area contributed by atoms with Crippen molar-refractivity contribution in [3.05, 3.63) is 41.4 Å². The summed E-state index contributed by atoms with van der Waals surface area (Å²) in [6, 6.07) is 11.3. The maximum Gasteiger partial charge on any atom is 0.205 e. The first-order valence-corrected chi connectivity index (χ1v) is 6.98. The van der Waals surface area contributed by atoms with E-state index >= 15 is 0 Å². The molecule has 1 aliphatic rings. The van der Waals surface area contributed by atoms with Crippen molar-refractivity contribution in [2.75, 3.05) is 18.5 Å². The number of ether oxygens (including phenoxy) is 2. The van der Waals surface area contributed by atoms with Crippen LogP contribution in [0.4, 0.5) is 11.6 Å². The molecule has 2 N–H and O–H groups in total. The lowest BCUT2D eigenvalue weighted by atomic mass is 10.2. The Morgan fingerprint density at radius 2 is 1.90 bits per heavy atom. The van der Waals surface area contributed by atoms with Gasteiger partial charge in [0.2, 0.25) is 5.95 Å². The maximum absolute atomic E-state index is 5.97. The van der Waals surface area contributed by atoms with E-state index in [4.69, 9.17) is 21.1 Å². The molecule has 0 radical (unpaired) electrons. The van der Waals surface area contributed by atoms with E-state index in [-0.39, 0.29) is 0 Å². The van der Waals surface area contributed by atoms with Gasteiger partial charge in [0.15, 0.2) is 11.5 Å². The SMILES string of the molecule is Clc1cccc(Nc2nc3cc4c(cc3[nH]2)OCCO4)c1. The van der Waals surface area contributed by atoms with Gasteiger partial charge in [0.25, 0.3) is 0 Å². The van der Waals surface area contributed by atoms with Crippen molar-refractivity contribution in [2.24, 2.45) is 0 Å². The summed E-state index contributed by atoms with van der Waals surface area (Å²) in [6.45, 7) is 1.14. The number of anilines is 2. The van der Waals surface area contributed by atoms with Gasteiger partial charge >= 0.3 is 0 Å². The fraction of sp³-hybridized carbons (Fsp3) is 0.133. The van der Waals surface area contributed by atoms with Crippen LogP contribution in [0.2, 0.25) is 5.02 Å². The molecule has 1 aromatic heterocycles. The number of nitrogens with one attached hydrogen (secondary N) is 2. The highest BCUT2D eigenvalue weighted by Gasteiger charge is 2.14. The third-order valence-electron chi connectivity index (χ3n) is 3.23. The van der Waals surface area contributed by atoms with E-state index in [1.807, 2.05) is 36.4 Å². The summed E-state index contributed by atoms with van der Waals surface area (Å²) in [4.78, 5) is 7.71. The van der Waals surface area contributed by atoms with E-state index in [2.05, 4.69) is 15.3 Å². The minimum Gasteiger partial charge on any atom is -0.486 e. The van der Waals surface area contributed by atoms with Gasteiger partial charge < -0.3 is 19.8 Å². The fourth-order valence-electron chi connectivity index (χ4n) is 2.31.